The SMILES string of the molecule is CC(C)(C)NC(=O)N1CCC(CNS(=O)(=O)c2ccccc2)CC1. The monoisotopic (exact) mass is 353 g/mol. The average Bonchev–Trinajstić information content (AvgIpc) is 2.53. The van der Waals surface area contributed by atoms with Crippen LogP contribution in [0, 0.1) is 5.92 Å². The lowest BCUT2D eigenvalue weighted by atomic mass is 9.97. The minimum Gasteiger partial charge on any atom is -0.333 e. The van der Waals surface area contributed by atoms with Crippen molar-refractivity contribution >= 4 is 16.1 Å². The summed E-state index contributed by atoms with van der Waals surface area (Å²) >= 11 is 0. The standard InChI is InChI=1S/C17H27N3O3S/c1-17(2,3)19-16(21)20-11-9-14(10-12-20)13-18-24(22,23)15-7-5-4-6-8-15/h4-8,14,18H,9-13H2,1-3H3,(H,19,21). The first-order chi connectivity index (χ1) is 11.2. The fraction of sp³-hybridized carbons (Fsp3) is 0.588. The van der Waals surface area contributed by atoms with E-state index in [1.807, 2.05) is 20.8 Å². The lowest BCUT2D eigenvalue weighted by Gasteiger charge is -2.34. The Hall–Kier alpha value is -1.60. The van der Waals surface area contributed by atoms with E-state index in [1.54, 1.807) is 35.2 Å². The van der Waals surface area contributed by atoms with E-state index in [0.29, 0.717) is 19.6 Å². The number of hydrogen-bond donors (Lipinski definition) is 2. The summed E-state index contributed by atoms with van der Waals surface area (Å²) in [6, 6.07) is 8.33. The van der Waals surface area contributed by atoms with Crippen LogP contribution in [0.25, 0.3) is 0 Å². The molecule has 0 aromatic heterocycles. The summed E-state index contributed by atoms with van der Waals surface area (Å²) in [5, 5.41) is 2.96. The molecule has 134 valence electrons. The molecule has 1 aliphatic heterocycles. The second-order valence-corrected chi connectivity index (χ2v) is 9.04. The summed E-state index contributed by atoms with van der Waals surface area (Å²) in [6.07, 6.45) is 1.60. The highest BCUT2D eigenvalue weighted by Gasteiger charge is 2.26. The first kappa shape index (κ1) is 18.7. The van der Waals surface area contributed by atoms with Crippen LogP contribution in [-0.2, 0) is 10.0 Å². The van der Waals surface area contributed by atoms with Gasteiger partial charge in [-0.3, -0.25) is 0 Å². The number of amides is 2. The number of rotatable bonds is 4. The Morgan fingerprint density at radius 3 is 2.29 bits per heavy atom. The lowest BCUT2D eigenvalue weighted by Crippen LogP contribution is -2.51. The minimum atomic E-state index is -3.46. The molecule has 0 saturated carbocycles. The Balaban J connectivity index is 1.80. The van der Waals surface area contributed by atoms with Crippen LogP contribution in [0.3, 0.4) is 0 Å². The maximum Gasteiger partial charge on any atom is 0.317 e. The molecule has 0 aliphatic carbocycles. The third-order valence-electron chi connectivity index (χ3n) is 4.00. The van der Waals surface area contributed by atoms with Crippen LogP contribution in [0.15, 0.2) is 35.2 Å². The molecule has 2 amide bonds. The van der Waals surface area contributed by atoms with Gasteiger partial charge in [0.05, 0.1) is 4.90 Å². The highest BCUT2D eigenvalue weighted by atomic mass is 32.2. The Kier molecular flexibility index (Phi) is 5.87. The van der Waals surface area contributed by atoms with Gasteiger partial charge < -0.3 is 10.2 Å². The molecule has 1 saturated heterocycles. The van der Waals surface area contributed by atoms with E-state index in [4.69, 9.17) is 0 Å². The molecule has 1 fully saturated rings. The largest absolute Gasteiger partial charge is 0.333 e. The number of nitrogens with one attached hydrogen (secondary N) is 2. The van der Waals surface area contributed by atoms with Gasteiger partial charge in [-0.05, 0) is 51.7 Å². The van der Waals surface area contributed by atoms with Crippen molar-refractivity contribution in [3.05, 3.63) is 30.3 Å². The highest BCUT2D eigenvalue weighted by Crippen LogP contribution is 2.18. The molecule has 0 spiro atoms. The van der Waals surface area contributed by atoms with Gasteiger partial charge in [-0.1, -0.05) is 18.2 Å². The van der Waals surface area contributed by atoms with Crippen molar-refractivity contribution in [3.8, 4) is 0 Å². The van der Waals surface area contributed by atoms with E-state index in [1.165, 1.54) is 0 Å². The molecule has 2 N–H and O–H groups in total. The number of carbonyl (C=O) groups is 1. The lowest BCUT2D eigenvalue weighted by molar-refractivity contribution is 0.163. The number of nitrogens with zero attached hydrogens (tertiary/aromatic N) is 1. The third kappa shape index (κ3) is 5.49. The molecule has 1 heterocycles. The second-order valence-electron chi connectivity index (χ2n) is 7.28. The minimum absolute atomic E-state index is 0.0502. The van der Waals surface area contributed by atoms with Gasteiger partial charge >= 0.3 is 6.03 Å². The van der Waals surface area contributed by atoms with Gasteiger partial charge in [0.15, 0.2) is 0 Å². The van der Waals surface area contributed by atoms with Crippen molar-refractivity contribution in [1.82, 2.24) is 14.9 Å². The molecular formula is C17H27N3O3S. The molecule has 24 heavy (non-hydrogen) atoms. The smallest absolute Gasteiger partial charge is 0.317 e. The van der Waals surface area contributed by atoms with Gasteiger partial charge in [-0.2, -0.15) is 0 Å². The van der Waals surface area contributed by atoms with Crippen LogP contribution >= 0.6 is 0 Å². The first-order valence-corrected chi connectivity index (χ1v) is 9.77. The summed E-state index contributed by atoms with van der Waals surface area (Å²) in [5.41, 5.74) is -0.251. The predicted molar refractivity (Wildman–Crippen MR) is 94.2 cm³/mol. The topological polar surface area (TPSA) is 78.5 Å². The Morgan fingerprint density at radius 2 is 1.75 bits per heavy atom. The predicted octanol–water partition coefficient (Wildman–Crippen LogP) is 2.18. The molecule has 1 aliphatic rings. The van der Waals surface area contributed by atoms with Crippen LogP contribution in [-0.4, -0.2) is 44.5 Å². The number of hydrogen-bond acceptors (Lipinski definition) is 3. The van der Waals surface area contributed by atoms with Crippen molar-refractivity contribution in [2.45, 2.75) is 44.0 Å². The number of carbonyl (C=O) groups excluding carboxylic acids is 1. The zero-order chi connectivity index (χ0) is 17.8. The van der Waals surface area contributed by atoms with Crippen molar-refractivity contribution in [1.29, 1.82) is 0 Å². The molecule has 6 nitrogen and oxygen atoms in total. The van der Waals surface area contributed by atoms with Crippen LogP contribution in [0.5, 0.6) is 0 Å². The third-order valence-corrected chi connectivity index (χ3v) is 5.44. The van der Waals surface area contributed by atoms with Gasteiger partial charge in [0.1, 0.15) is 0 Å². The van der Waals surface area contributed by atoms with Crippen LogP contribution < -0.4 is 10.0 Å². The van der Waals surface area contributed by atoms with Crippen molar-refractivity contribution < 1.29 is 13.2 Å². The molecule has 7 heteroatoms. The summed E-state index contributed by atoms with van der Waals surface area (Å²) in [6.45, 7) is 7.58. The number of likely N-dealkylation sites (tertiary alicyclic amines) is 1. The molecule has 1 aromatic rings. The molecule has 0 atom stereocenters. The highest BCUT2D eigenvalue weighted by molar-refractivity contribution is 7.89. The van der Waals surface area contributed by atoms with E-state index in [0.717, 1.165) is 12.8 Å². The molecule has 0 unspecified atom stereocenters. The van der Waals surface area contributed by atoms with E-state index >= 15 is 0 Å². The molecule has 2 rings (SSSR count). The summed E-state index contributed by atoms with van der Waals surface area (Å²) in [7, 11) is -3.46. The van der Waals surface area contributed by atoms with Gasteiger partial charge in [-0.25, -0.2) is 17.9 Å². The fourth-order valence-corrected chi connectivity index (χ4v) is 3.79. The van der Waals surface area contributed by atoms with Gasteiger partial charge in [0.2, 0.25) is 10.0 Å². The molecule has 0 bridgehead atoms. The number of piperidine rings is 1. The number of benzene rings is 1. The van der Waals surface area contributed by atoms with Crippen LogP contribution in [0.2, 0.25) is 0 Å². The zero-order valence-corrected chi connectivity index (χ0v) is 15.4. The molecular weight excluding hydrogens is 326 g/mol. The normalized spacial score (nSPS) is 16.9. The van der Waals surface area contributed by atoms with Crippen molar-refractivity contribution in [2.24, 2.45) is 5.92 Å². The Morgan fingerprint density at radius 1 is 1.17 bits per heavy atom. The van der Waals surface area contributed by atoms with Gasteiger partial charge in [0, 0.05) is 25.2 Å². The fourth-order valence-electron chi connectivity index (χ4n) is 2.65. The summed E-state index contributed by atoms with van der Waals surface area (Å²) in [5.74, 6) is 0.252. The van der Waals surface area contributed by atoms with Gasteiger partial charge in [-0.15, -0.1) is 0 Å². The molecule has 0 radical (unpaired) electrons. The maximum absolute atomic E-state index is 12.2. The van der Waals surface area contributed by atoms with Crippen molar-refractivity contribution in [2.75, 3.05) is 19.6 Å². The van der Waals surface area contributed by atoms with Crippen LogP contribution in [0.1, 0.15) is 33.6 Å². The number of sulfonamides is 1. The second kappa shape index (κ2) is 7.53. The zero-order valence-electron chi connectivity index (χ0n) is 14.6. The van der Waals surface area contributed by atoms with E-state index in [-0.39, 0.29) is 22.4 Å². The number of urea groups is 1. The maximum atomic E-state index is 12.2. The molecule has 1 aromatic carbocycles. The van der Waals surface area contributed by atoms with E-state index < -0.39 is 10.0 Å². The van der Waals surface area contributed by atoms with Gasteiger partial charge in [0.25, 0.3) is 0 Å². The average molecular weight is 353 g/mol. The van der Waals surface area contributed by atoms with E-state index in [2.05, 4.69) is 10.0 Å². The van der Waals surface area contributed by atoms with E-state index in [9.17, 15) is 13.2 Å². The summed E-state index contributed by atoms with van der Waals surface area (Å²) < 4.78 is 27.1. The quantitative estimate of drug-likeness (QED) is 0.871. The summed E-state index contributed by atoms with van der Waals surface area (Å²) in [4.78, 5) is 14.2. The van der Waals surface area contributed by atoms with Crippen molar-refractivity contribution in [3.63, 3.8) is 0 Å². The first-order valence-electron chi connectivity index (χ1n) is 8.29. The van der Waals surface area contributed by atoms with Crippen LogP contribution in [0.4, 0.5) is 4.79 Å². The Labute approximate surface area is 144 Å². The Bertz CT molecular complexity index is 645.